The molecule has 0 N–H and O–H groups in total. The molecule has 10 nitrogen and oxygen atoms in total. The molecule has 0 bridgehead atoms. The minimum Gasteiger partial charge on any atom is -0.273 e. The van der Waals surface area contributed by atoms with Crippen molar-refractivity contribution >= 4 is 27.0 Å². The molecule has 3 aromatic heterocycles. The van der Waals surface area contributed by atoms with Crippen molar-refractivity contribution in [2.45, 2.75) is 31.7 Å². The standard InChI is InChI=1S/C31H28FN7O3S/c1-3-43(41,42)37-18-31(19-37,12-13-33)39-17-24(16-36-39)28-26-11-14-38(29(26)35-20-34-28)30(40)21(2)23-9-10-25(27(32)15-23)22-7-5-4-6-8-22/h4-11,14-17,20-21H,3,12,18-19H2,1-2H3. The zero-order valence-electron chi connectivity index (χ0n) is 23.6. The first kappa shape index (κ1) is 28.4. The second-order valence-corrected chi connectivity index (χ2v) is 13.0. The third kappa shape index (κ3) is 4.90. The van der Waals surface area contributed by atoms with Gasteiger partial charge in [0.15, 0.2) is 5.65 Å². The first-order chi connectivity index (χ1) is 20.7. The van der Waals surface area contributed by atoms with E-state index >= 15 is 4.39 Å². The van der Waals surface area contributed by atoms with Crippen molar-refractivity contribution in [2.75, 3.05) is 18.8 Å². The molecule has 0 saturated carbocycles. The van der Waals surface area contributed by atoms with Crippen molar-refractivity contribution in [3.05, 3.63) is 90.9 Å². The Bertz CT molecular complexity index is 1990. The SMILES string of the molecule is CCS(=O)(=O)N1CC(CC#N)(n2cc(-c3ncnc4c3ccn4C(=O)C(C)c3ccc(-c4ccccc4)c(F)c3)cn2)C1. The maximum Gasteiger partial charge on any atom is 0.239 e. The lowest BCUT2D eigenvalue weighted by molar-refractivity contribution is 0.0719. The Morgan fingerprint density at radius 3 is 2.58 bits per heavy atom. The van der Waals surface area contributed by atoms with Crippen LogP contribution in [0, 0.1) is 17.1 Å². The van der Waals surface area contributed by atoms with Gasteiger partial charge in [-0.1, -0.05) is 42.5 Å². The Morgan fingerprint density at radius 1 is 1.12 bits per heavy atom. The number of carbonyl (C=O) groups excluding carboxylic acids is 1. The number of benzene rings is 2. The van der Waals surface area contributed by atoms with Gasteiger partial charge in [-0.2, -0.15) is 14.7 Å². The van der Waals surface area contributed by atoms with Crippen LogP contribution in [0.3, 0.4) is 0 Å². The molecular weight excluding hydrogens is 569 g/mol. The molecular formula is C31H28FN7O3S. The molecule has 2 aromatic carbocycles. The zero-order valence-corrected chi connectivity index (χ0v) is 24.4. The van der Waals surface area contributed by atoms with Gasteiger partial charge < -0.3 is 0 Å². The molecule has 1 aliphatic rings. The lowest BCUT2D eigenvalue weighted by atomic mass is 9.89. The summed E-state index contributed by atoms with van der Waals surface area (Å²) >= 11 is 0. The molecule has 0 radical (unpaired) electrons. The summed E-state index contributed by atoms with van der Waals surface area (Å²) in [7, 11) is -3.38. The highest BCUT2D eigenvalue weighted by Gasteiger charge is 2.49. The lowest BCUT2D eigenvalue weighted by Crippen LogP contribution is -2.64. The number of rotatable bonds is 8. The molecule has 4 heterocycles. The average molecular weight is 598 g/mol. The van der Waals surface area contributed by atoms with Crippen molar-refractivity contribution in [1.29, 1.82) is 5.26 Å². The van der Waals surface area contributed by atoms with Gasteiger partial charge in [-0.3, -0.25) is 14.0 Å². The average Bonchev–Trinajstić information content (AvgIpc) is 3.66. The summed E-state index contributed by atoms with van der Waals surface area (Å²) in [5.41, 5.74) is 2.56. The summed E-state index contributed by atoms with van der Waals surface area (Å²) in [5, 5.41) is 14.6. The number of halogens is 1. The molecule has 43 heavy (non-hydrogen) atoms. The third-order valence-electron chi connectivity index (χ3n) is 8.12. The van der Waals surface area contributed by atoms with Crippen LogP contribution in [0.25, 0.3) is 33.4 Å². The van der Waals surface area contributed by atoms with Crippen molar-refractivity contribution < 1.29 is 17.6 Å². The van der Waals surface area contributed by atoms with Crippen LogP contribution in [0.2, 0.25) is 0 Å². The van der Waals surface area contributed by atoms with Crippen molar-refractivity contribution in [3.8, 4) is 28.5 Å². The molecule has 1 saturated heterocycles. The number of hydrogen-bond acceptors (Lipinski definition) is 7. The van der Waals surface area contributed by atoms with Crippen molar-refractivity contribution in [1.82, 2.24) is 28.6 Å². The first-order valence-electron chi connectivity index (χ1n) is 13.8. The Hall–Kier alpha value is -4.73. The molecule has 0 aliphatic carbocycles. The smallest absolute Gasteiger partial charge is 0.239 e. The highest BCUT2D eigenvalue weighted by molar-refractivity contribution is 7.89. The predicted molar refractivity (Wildman–Crippen MR) is 159 cm³/mol. The van der Waals surface area contributed by atoms with Crippen molar-refractivity contribution in [2.24, 2.45) is 0 Å². The molecule has 1 aliphatic heterocycles. The van der Waals surface area contributed by atoms with E-state index in [1.165, 1.54) is 21.3 Å². The minimum absolute atomic E-state index is 0.0127. The largest absolute Gasteiger partial charge is 0.273 e. The topological polar surface area (TPSA) is 127 Å². The Balaban J connectivity index is 1.28. The number of aromatic nitrogens is 5. The van der Waals surface area contributed by atoms with Gasteiger partial charge >= 0.3 is 0 Å². The highest BCUT2D eigenvalue weighted by atomic mass is 32.2. The monoisotopic (exact) mass is 597 g/mol. The van der Waals surface area contributed by atoms with Crippen molar-refractivity contribution in [3.63, 3.8) is 0 Å². The molecule has 218 valence electrons. The predicted octanol–water partition coefficient (Wildman–Crippen LogP) is 4.82. The normalized spacial score (nSPS) is 15.6. The van der Waals surface area contributed by atoms with Gasteiger partial charge in [-0.15, -0.1) is 0 Å². The van der Waals surface area contributed by atoms with Gasteiger partial charge in [-0.05, 0) is 37.1 Å². The zero-order chi connectivity index (χ0) is 30.4. The van der Waals surface area contributed by atoms with E-state index in [0.29, 0.717) is 33.4 Å². The van der Waals surface area contributed by atoms with Gasteiger partial charge in [0, 0.05) is 42.0 Å². The molecule has 12 heteroatoms. The van der Waals surface area contributed by atoms with Gasteiger partial charge in [0.1, 0.15) is 17.7 Å². The van der Waals surface area contributed by atoms with Crippen LogP contribution >= 0.6 is 0 Å². The quantitative estimate of drug-likeness (QED) is 0.251. The van der Waals surface area contributed by atoms with Crippen LogP contribution in [-0.2, 0) is 15.6 Å². The highest BCUT2D eigenvalue weighted by Crippen LogP contribution is 2.36. The van der Waals surface area contributed by atoms with E-state index in [2.05, 4.69) is 21.1 Å². The number of carbonyl (C=O) groups is 1. The van der Waals surface area contributed by atoms with E-state index in [0.717, 1.165) is 5.56 Å². The minimum atomic E-state index is -3.38. The summed E-state index contributed by atoms with van der Waals surface area (Å²) in [5.74, 6) is -1.34. The van der Waals surface area contributed by atoms with E-state index in [1.807, 2.05) is 30.3 Å². The van der Waals surface area contributed by atoms with E-state index in [9.17, 15) is 18.5 Å². The molecule has 0 spiro atoms. The summed E-state index contributed by atoms with van der Waals surface area (Å²) < 4.78 is 44.1. The van der Waals surface area contributed by atoms with Crippen LogP contribution < -0.4 is 0 Å². The second kappa shape index (κ2) is 10.8. The first-order valence-corrected chi connectivity index (χ1v) is 15.4. The summed E-state index contributed by atoms with van der Waals surface area (Å²) in [6, 6.07) is 18.0. The van der Waals surface area contributed by atoms with E-state index in [4.69, 9.17) is 0 Å². The molecule has 6 rings (SSSR count). The molecule has 1 unspecified atom stereocenters. The molecule has 0 amide bonds. The fourth-order valence-corrected chi connectivity index (χ4v) is 6.78. The number of fused-ring (bicyclic) bond motifs is 1. The Kier molecular flexibility index (Phi) is 7.15. The molecule has 1 atom stereocenters. The molecule has 1 fully saturated rings. The van der Waals surface area contributed by atoms with Crippen LogP contribution in [0.5, 0.6) is 0 Å². The maximum atomic E-state index is 15.1. The third-order valence-corrected chi connectivity index (χ3v) is 9.89. The lowest BCUT2D eigenvalue weighted by Gasteiger charge is -2.47. The summed E-state index contributed by atoms with van der Waals surface area (Å²) in [6.45, 7) is 3.63. The van der Waals surface area contributed by atoms with Gasteiger partial charge in [0.25, 0.3) is 0 Å². The Morgan fingerprint density at radius 2 is 1.88 bits per heavy atom. The molecule has 5 aromatic rings. The van der Waals surface area contributed by atoms with E-state index in [-0.39, 0.29) is 31.2 Å². The van der Waals surface area contributed by atoms with E-state index < -0.39 is 27.3 Å². The fourth-order valence-electron chi connectivity index (χ4n) is 5.54. The number of sulfonamides is 1. The number of hydrogen-bond donors (Lipinski definition) is 0. The summed E-state index contributed by atoms with van der Waals surface area (Å²) in [4.78, 5) is 22.4. The number of nitriles is 1. The van der Waals surface area contributed by atoms with Gasteiger partial charge in [0.05, 0.1) is 36.1 Å². The van der Waals surface area contributed by atoms with Crippen LogP contribution in [0.4, 0.5) is 4.39 Å². The maximum absolute atomic E-state index is 15.1. The van der Waals surface area contributed by atoms with Gasteiger partial charge in [0.2, 0.25) is 15.9 Å². The van der Waals surface area contributed by atoms with Crippen LogP contribution in [0.1, 0.15) is 36.5 Å². The number of nitrogens with zero attached hydrogens (tertiary/aromatic N) is 7. The fraction of sp³-hybridized carbons (Fsp3) is 0.258. The van der Waals surface area contributed by atoms with Gasteiger partial charge in [-0.25, -0.2) is 22.8 Å². The second-order valence-electron chi connectivity index (χ2n) is 10.7. The van der Waals surface area contributed by atoms with Crippen LogP contribution in [-0.4, -0.2) is 61.8 Å². The Labute approximate surface area is 248 Å². The van der Waals surface area contributed by atoms with Crippen LogP contribution in [0.15, 0.2) is 79.5 Å². The summed E-state index contributed by atoms with van der Waals surface area (Å²) in [6.07, 6.45) is 6.43. The van der Waals surface area contributed by atoms with E-state index in [1.54, 1.807) is 55.3 Å².